The van der Waals surface area contributed by atoms with Crippen LogP contribution >= 0.6 is 0 Å². The summed E-state index contributed by atoms with van der Waals surface area (Å²) in [7, 11) is -3.92. The van der Waals surface area contributed by atoms with Gasteiger partial charge in [0.05, 0.1) is 24.5 Å². The molecule has 2 aromatic rings. The van der Waals surface area contributed by atoms with Crippen LogP contribution in [0.15, 0.2) is 35.5 Å². The lowest BCUT2D eigenvalue weighted by Gasteiger charge is -2.31. The zero-order valence-corrected chi connectivity index (χ0v) is 14.4. The van der Waals surface area contributed by atoms with Crippen molar-refractivity contribution >= 4 is 10.0 Å². The fourth-order valence-electron chi connectivity index (χ4n) is 2.72. The van der Waals surface area contributed by atoms with Crippen LogP contribution < -0.4 is 0 Å². The monoisotopic (exact) mass is 364 g/mol. The van der Waals surface area contributed by atoms with Gasteiger partial charge in [-0.15, -0.1) is 0 Å². The van der Waals surface area contributed by atoms with Crippen LogP contribution in [0.25, 0.3) is 0 Å². The number of aryl methyl sites for hydroxylation is 1. The molecule has 1 unspecified atom stereocenters. The molecular formula is C16H17FN4O3S. The van der Waals surface area contributed by atoms with Crippen LogP contribution in [0.1, 0.15) is 24.2 Å². The summed E-state index contributed by atoms with van der Waals surface area (Å²) in [4.78, 5) is -0.193. The maximum atomic E-state index is 13.3. The van der Waals surface area contributed by atoms with Crippen LogP contribution in [0.4, 0.5) is 4.39 Å². The van der Waals surface area contributed by atoms with Crippen LogP contribution in [0, 0.1) is 17.1 Å². The molecule has 1 saturated heterocycles. The minimum absolute atomic E-state index is 0.111. The van der Waals surface area contributed by atoms with E-state index >= 15 is 0 Å². The zero-order chi connectivity index (χ0) is 18.0. The molecule has 1 aromatic carbocycles. The van der Waals surface area contributed by atoms with Crippen LogP contribution in [-0.2, 0) is 21.3 Å². The van der Waals surface area contributed by atoms with Gasteiger partial charge in [-0.2, -0.15) is 14.7 Å². The minimum Gasteiger partial charge on any atom is -0.371 e. The van der Waals surface area contributed by atoms with Crippen molar-refractivity contribution in [2.45, 2.75) is 24.5 Å². The number of ether oxygens (including phenoxy) is 1. The summed E-state index contributed by atoms with van der Waals surface area (Å²) < 4.78 is 47.8. The van der Waals surface area contributed by atoms with E-state index < -0.39 is 21.9 Å². The van der Waals surface area contributed by atoms with Gasteiger partial charge in [0.25, 0.3) is 0 Å². The average molecular weight is 364 g/mol. The third-order valence-electron chi connectivity index (χ3n) is 4.06. The highest BCUT2D eigenvalue weighted by atomic mass is 32.2. The molecule has 1 aliphatic heterocycles. The van der Waals surface area contributed by atoms with E-state index in [2.05, 4.69) is 5.10 Å². The third-order valence-corrected chi connectivity index (χ3v) is 5.98. The number of nitriles is 1. The molecule has 1 aliphatic rings. The fourth-order valence-corrected chi connectivity index (χ4v) is 4.27. The summed E-state index contributed by atoms with van der Waals surface area (Å²) in [6.07, 6.45) is 3.04. The first-order chi connectivity index (χ1) is 12.0. The van der Waals surface area contributed by atoms with Crippen molar-refractivity contribution in [3.63, 3.8) is 0 Å². The molecule has 0 spiro atoms. The summed E-state index contributed by atoms with van der Waals surface area (Å²) in [5.41, 5.74) is 0.586. The van der Waals surface area contributed by atoms with E-state index in [0.717, 1.165) is 23.8 Å². The van der Waals surface area contributed by atoms with Crippen molar-refractivity contribution in [1.29, 1.82) is 5.26 Å². The zero-order valence-electron chi connectivity index (χ0n) is 13.6. The van der Waals surface area contributed by atoms with E-state index in [1.807, 2.05) is 13.1 Å². The minimum atomic E-state index is -3.92. The molecule has 9 heteroatoms. The number of aromatic nitrogens is 2. The standard InChI is InChI=1S/C16H17FN4O3S/c1-2-20-10-13(9-19-20)15-11-21(5-6-24-15)25(22,23)16-4-3-14(17)7-12(16)8-18/h3-4,7,9-10,15H,2,5-6,11H2,1H3. The molecule has 0 amide bonds. The number of morpholine rings is 1. The second kappa shape index (κ2) is 6.92. The fraction of sp³-hybridized carbons (Fsp3) is 0.375. The third kappa shape index (κ3) is 3.42. The van der Waals surface area contributed by atoms with E-state index in [1.54, 1.807) is 16.9 Å². The highest BCUT2D eigenvalue weighted by molar-refractivity contribution is 7.89. The normalized spacial score (nSPS) is 18.8. The second-order valence-corrected chi connectivity index (χ2v) is 7.51. The predicted molar refractivity (Wildman–Crippen MR) is 86.5 cm³/mol. The van der Waals surface area contributed by atoms with Gasteiger partial charge in [0.2, 0.25) is 10.0 Å². The maximum absolute atomic E-state index is 13.3. The van der Waals surface area contributed by atoms with Crippen molar-refractivity contribution in [2.75, 3.05) is 19.7 Å². The van der Waals surface area contributed by atoms with Crippen LogP contribution in [0.3, 0.4) is 0 Å². The Kier molecular flexibility index (Phi) is 4.85. The summed E-state index contributed by atoms with van der Waals surface area (Å²) >= 11 is 0. The molecule has 132 valence electrons. The van der Waals surface area contributed by atoms with Crippen molar-refractivity contribution in [1.82, 2.24) is 14.1 Å². The van der Waals surface area contributed by atoms with Gasteiger partial charge in [0, 0.05) is 31.4 Å². The number of rotatable bonds is 4. The number of hydrogen-bond donors (Lipinski definition) is 0. The van der Waals surface area contributed by atoms with Gasteiger partial charge >= 0.3 is 0 Å². The van der Waals surface area contributed by atoms with Gasteiger partial charge in [-0.1, -0.05) is 0 Å². The van der Waals surface area contributed by atoms with E-state index in [-0.39, 0.29) is 30.2 Å². The van der Waals surface area contributed by atoms with Gasteiger partial charge in [0.1, 0.15) is 16.8 Å². The lowest BCUT2D eigenvalue weighted by molar-refractivity contribution is -0.00260. The lowest BCUT2D eigenvalue weighted by atomic mass is 10.2. The molecule has 0 aliphatic carbocycles. The largest absolute Gasteiger partial charge is 0.371 e. The summed E-state index contributed by atoms with van der Waals surface area (Å²) in [6.45, 7) is 3.16. The van der Waals surface area contributed by atoms with Crippen molar-refractivity contribution < 1.29 is 17.5 Å². The summed E-state index contributed by atoms with van der Waals surface area (Å²) in [5, 5.41) is 13.3. The van der Waals surface area contributed by atoms with Crippen molar-refractivity contribution in [3.8, 4) is 6.07 Å². The number of sulfonamides is 1. The van der Waals surface area contributed by atoms with Gasteiger partial charge in [-0.05, 0) is 25.1 Å². The predicted octanol–water partition coefficient (Wildman–Crippen LogP) is 1.68. The molecule has 0 radical (unpaired) electrons. The average Bonchev–Trinajstić information content (AvgIpc) is 3.10. The number of nitrogens with zero attached hydrogens (tertiary/aromatic N) is 4. The first kappa shape index (κ1) is 17.5. The van der Waals surface area contributed by atoms with Crippen molar-refractivity contribution in [2.24, 2.45) is 0 Å². The summed E-state index contributed by atoms with van der Waals surface area (Å²) in [5.74, 6) is -0.651. The second-order valence-electron chi connectivity index (χ2n) is 5.60. The van der Waals surface area contributed by atoms with E-state index in [4.69, 9.17) is 10.00 Å². The van der Waals surface area contributed by atoms with E-state index in [9.17, 15) is 12.8 Å². The Balaban J connectivity index is 1.89. The molecule has 0 N–H and O–H groups in total. The number of halogens is 1. The van der Waals surface area contributed by atoms with Gasteiger partial charge < -0.3 is 4.74 Å². The number of benzene rings is 1. The highest BCUT2D eigenvalue weighted by Gasteiger charge is 2.33. The highest BCUT2D eigenvalue weighted by Crippen LogP contribution is 2.27. The first-order valence-electron chi connectivity index (χ1n) is 7.79. The molecule has 2 heterocycles. The Morgan fingerprint density at radius 3 is 2.96 bits per heavy atom. The molecule has 1 atom stereocenters. The summed E-state index contributed by atoms with van der Waals surface area (Å²) in [6, 6.07) is 4.84. The maximum Gasteiger partial charge on any atom is 0.244 e. The molecule has 0 bridgehead atoms. The SMILES string of the molecule is CCn1cc(C2CN(S(=O)(=O)c3ccc(F)cc3C#N)CCO2)cn1. The Morgan fingerprint density at radius 1 is 1.48 bits per heavy atom. The molecule has 3 rings (SSSR count). The first-order valence-corrected chi connectivity index (χ1v) is 9.23. The van der Waals surface area contributed by atoms with Gasteiger partial charge in [-0.25, -0.2) is 12.8 Å². The van der Waals surface area contributed by atoms with Crippen molar-refractivity contribution in [3.05, 3.63) is 47.5 Å². The molecule has 1 fully saturated rings. The van der Waals surface area contributed by atoms with E-state index in [0.29, 0.717) is 6.54 Å². The number of hydrogen-bond acceptors (Lipinski definition) is 5. The quantitative estimate of drug-likeness (QED) is 0.823. The Morgan fingerprint density at radius 2 is 2.28 bits per heavy atom. The smallest absolute Gasteiger partial charge is 0.244 e. The lowest BCUT2D eigenvalue weighted by Crippen LogP contribution is -2.42. The van der Waals surface area contributed by atoms with Gasteiger partial charge in [-0.3, -0.25) is 4.68 Å². The Bertz CT molecular complexity index is 920. The topological polar surface area (TPSA) is 88.2 Å². The van der Waals surface area contributed by atoms with E-state index in [1.165, 1.54) is 4.31 Å². The molecular weight excluding hydrogens is 347 g/mol. The van der Waals surface area contributed by atoms with Crippen LogP contribution in [0.2, 0.25) is 0 Å². The van der Waals surface area contributed by atoms with Gasteiger partial charge in [0.15, 0.2) is 0 Å². The Hall–Kier alpha value is -2.28. The Labute approximate surface area is 145 Å². The molecule has 7 nitrogen and oxygen atoms in total. The molecule has 1 aromatic heterocycles. The molecule has 0 saturated carbocycles. The molecule has 25 heavy (non-hydrogen) atoms. The van der Waals surface area contributed by atoms with Crippen LogP contribution in [0.5, 0.6) is 0 Å². The van der Waals surface area contributed by atoms with Crippen LogP contribution in [-0.4, -0.2) is 42.2 Å².